The number of nitrogens with two attached hydrogens (primary N) is 1. The molecule has 1 aromatic rings. The Morgan fingerprint density at radius 2 is 2.19 bits per heavy atom. The molecule has 0 atom stereocenters. The van der Waals surface area contributed by atoms with Crippen LogP contribution >= 0.6 is 15.9 Å². The maximum atomic E-state index is 14.0. The van der Waals surface area contributed by atoms with Crippen LogP contribution in [0.1, 0.15) is 18.4 Å². The lowest BCUT2D eigenvalue weighted by Crippen LogP contribution is -2.21. The van der Waals surface area contributed by atoms with E-state index in [1.54, 1.807) is 0 Å². The van der Waals surface area contributed by atoms with Gasteiger partial charge in [-0.1, -0.05) is 0 Å². The highest BCUT2D eigenvalue weighted by Gasteiger charge is 2.47. The molecule has 2 aliphatic rings. The lowest BCUT2D eigenvalue weighted by molar-refractivity contribution is 0.173. The first-order chi connectivity index (χ1) is 7.68. The smallest absolute Gasteiger partial charge is 0.231 e. The summed E-state index contributed by atoms with van der Waals surface area (Å²) in [6.45, 7) is 0.606. The van der Waals surface area contributed by atoms with Crippen molar-refractivity contribution in [1.82, 2.24) is 0 Å². The second-order valence-electron chi connectivity index (χ2n) is 4.27. The molecule has 3 nitrogen and oxygen atoms in total. The highest BCUT2D eigenvalue weighted by Crippen LogP contribution is 2.54. The molecule has 1 heterocycles. The molecule has 16 heavy (non-hydrogen) atoms. The zero-order valence-corrected chi connectivity index (χ0v) is 10.1. The Balaban J connectivity index is 2.19. The largest absolute Gasteiger partial charge is 0.453 e. The molecular formula is C11H11BrFNO2. The number of halogens is 2. The van der Waals surface area contributed by atoms with Gasteiger partial charge in [0.1, 0.15) is 5.82 Å². The molecule has 0 unspecified atom stereocenters. The van der Waals surface area contributed by atoms with Crippen LogP contribution in [-0.2, 0) is 5.41 Å². The third-order valence-corrected chi connectivity index (χ3v) is 4.09. The van der Waals surface area contributed by atoms with Crippen molar-refractivity contribution in [3.8, 4) is 11.5 Å². The van der Waals surface area contributed by atoms with Gasteiger partial charge in [-0.2, -0.15) is 0 Å². The summed E-state index contributed by atoms with van der Waals surface area (Å²) in [5.41, 5.74) is 6.16. The van der Waals surface area contributed by atoms with E-state index < -0.39 is 0 Å². The highest BCUT2D eigenvalue weighted by molar-refractivity contribution is 9.10. The summed E-state index contributed by atoms with van der Waals surface area (Å²) >= 11 is 3.40. The topological polar surface area (TPSA) is 44.5 Å². The van der Waals surface area contributed by atoms with Crippen molar-refractivity contribution in [3.05, 3.63) is 21.9 Å². The summed E-state index contributed by atoms with van der Waals surface area (Å²) in [7, 11) is 0. The minimum absolute atomic E-state index is 0.145. The van der Waals surface area contributed by atoms with Gasteiger partial charge in [-0.15, -0.1) is 0 Å². The van der Waals surface area contributed by atoms with Gasteiger partial charge in [0.2, 0.25) is 6.79 Å². The molecule has 1 fully saturated rings. The van der Waals surface area contributed by atoms with E-state index in [-0.39, 0.29) is 18.0 Å². The van der Waals surface area contributed by atoms with E-state index in [9.17, 15) is 4.39 Å². The number of hydrogen-bond acceptors (Lipinski definition) is 3. The van der Waals surface area contributed by atoms with Crippen molar-refractivity contribution in [3.63, 3.8) is 0 Å². The van der Waals surface area contributed by atoms with Crippen molar-refractivity contribution in [2.75, 3.05) is 13.3 Å². The monoisotopic (exact) mass is 287 g/mol. The van der Waals surface area contributed by atoms with Crippen LogP contribution in [0.25, 0.3) is 0 Å². The van der Waals surface area contributed by atoms with Gasteiger partial charge >= 0.3 is 0 Å². The third kappa shape index (κ3) is 1.28. The molecule has 5 heteroatoms. The Morgan fingerprint density at radius 1 is 1.44 bits per heavy atom. The van der Waals surface area contributed by atoms with Gasteiger partial charge in [0.05, 0.1) is 4.47 Å². The summed E-state index contributed by atoms with van der Waals surface area (Å²) in [5.74, 6) is 0.788. The summed E-state index contributed by atoms with van der Waals surface area (Å²) in [6, 6.07) is 1.39. The fraction of sp³-hybridized carbons (Fsp3) is 0.455. The lowest BCUT2D eigenvalue weighted by Gasteiger charge is -2.17. The standard InChI is InChI=1S/C11H11BrFNO2/c12-9-8(11(4-14)1-2-11)6(13)3-7-10(9)16-5-15-7/h3H,1-2,4-5,14H2. The Bertz CT molecular complexity index is 460. The average Bonchev–Trinajstić information content (AvgIpc) is 2.89. The SMILES string of the molecule is NCC1(c2c(F)cc3c(c2Br)OCO3)CC1. The molecule has 0 aromatic heterocycles. The maximum Gasteiger partial charge on any atom is 0.231 e. The highest BCUT2D eigenvalue weighted by atomic mass is 79.9. The summed E-state index contributed by atoms with van der Waals surface area (Å²) in [6.07, 6.45) is 1.86. The van der Waals surface area contributed by atoms with E-state index in [0.29, 0.717) is 28.1 Å². The first-order valence-corrected chi connectivity index (χ1v) is 5.95. The third-order valence-electron chi connectivity index (χ3n) is 3.33. The summed E-state index contributed by atoms with van der Waals surface area (Å²) in [4.78, 5) is 0. The zero-order valence-electron chi connectivity index (χ0n) is 8.56. The molecule has 86 valence electrons. The van der Waals surface area contributed by atoms with E-state index in [1.807, 2.05) is 0 Å². The molecule has 3 rings (SSSR count). The van der Waals surface area contributed by atoms with Crippen molar-refractivity contribution >= 4 is 15.9 Å². The van der Waals surface area contributed by atoms with Gasteiger partial charge in [0.25, 0.3) is 0 Å². The lowest BCUT2D eigenvalue weighted by atomic mass is 9.95. The molecule has 2 N–H and O–H groups in total. The molecule has 1 aliphatic heterocycles. The molecule has 0 spiro atoms. The van der Waals surface area contributed by atoms with Gasteiger partial charge in [-0.05, 0) is 28.8 Å². The number of ether oxygens (including phenoxy) is 2. The van der Waals surface area contributed by atoms with E-state index >= 15 is 0 Å². The number of rotatable bonds is 2. The van der Waals surface area contributed by atoms with Crippen LogP contribution in [0.3, 0.4) is 0 Å². The minimum Gasteiger partial charge on any atom is -0.453 e. The van der Waals surface area contributed by atoms with E-state index in [2.05, 4.69) is 15.9 Å². The molecule has 1 aromatic carbocycles. The average molecular weight is 288 g/mol. The van der Waals surface area contributed by atoms with Crippen molar-refractivity contribution in [2.45, 2.75) is 18.3 Å². The number of benzene rings is 1. The van der Waals surface area contributed by atoms with Crippen LogP contribution in [-0.4, -0.2) is 13.3 Å². The molecule has 0 amide bonds. The zero-order chi connectivity index (χ0) is 11.3. The van der Waals surface area contributed by atoms with Gasteiger partial charge in [0.15, 0.2) is 11.5 Å². The van der Waals surface area contributed by atoms with Crippen LogP contribution in [0.15, 0.2) is 10.5 Å². The predicted octanol–water partition coefficient (Wildman–Crippen LogP) is 2.31. The second-order valence-corrected chi connectivity index (χ2v) is 5.06. The van der Waals surface area contributed by atoms with Crippen LogP contribution in [0, 0.1) is 5.82 Å². The van der Waals surface area contributed by atoms with E-state index in [4.69, 9.17) is 15.2 Å². The van der Waals surface area contributed by atoms with E-state index in [0.717, 1.165) is 12.8 Å². The van der Waals surface area contributed by atoms with Gasteiger partial charge in [0, 0.05) is 23.6 Å². The Kier molecular flexibility index (Phi) is 2.16. The molecular weight excluding hydrogens is 277 g/mol. The Labute approximate surface area is 101 Å². The molecule has 0 bridgehead atoms. The Hall–Kier alpha value is -0.810. The quantitative estimate of drug-likeness (QED) is 0.908. The predicted molar refractivity (Wildman–Crippen MR) is 60.2 cm³/mol. The molecule has 1 saturated carbocycles. The fourth-order valence-electron chi connectivity index (χ4n) is 2.17. The molecule has 0 saturated heterocycles. The van der Waals surface area contributed by atoms with Crippen molar-refractivity contribution in [1.29, 1.82) is 0 Å². The van der Waals surface area contributed by atoms with Crippen LogP contribution in [0.2, 0.25) is 0 Å². The van der Waals surface area contributed by atoms with Crippen LogP contribution in [0.5, 0.6) is 11.5 Å². The van der Waals surface area contributed by atoms with E-state index in [1.165, 1.54) is 6.07 Å². The minimum atomic E-state index is -0.265. The molecule has 1 aliphatic carbocycles. The van der Waals surface area contributed by atoms with Crippen LogP contribution < -0.4 is 15.2 Å². The van der Waals surface area contributed by atoms with Gasteiger partial charge in [-0.25, -0.2) is 4.39 Å². The van der Waals surface area contributed by atoms with Gasteiger partial charge < -0.3 is 15.2 Å². The summed E-state index contributed by atoms with van der Waals surface area (Å²) < 4.78 is 25.1. The number of hydrogen-bond donors (Lipinski definition) is 1. The Morgan fingerprint density at radius 3 is 2.81 bits per heavy atom. The van der Waals surface area contributed by atoms with Crippen molar-refractivity contribution < 1.29 is 13.9 Å². The van der Waals surface area contributed by atoms with Crippen LogP contribution in [0.4, 0.5) is 4.39 Å². The second kappa shape index (κ2) is 3.34. The maximum absolute atomic E-state index is 14.0. The molecule has 0 radical (unpaired) electrons. The first kappa shape index (κ1) is 10.4. The summed E-state index contributed by atoms with van der Waals surface area (Å²) in [5, 5.41) is 0. The first-order valence-electron chi connectivity index (χ1n) is 5.16. The normalized spacial score (nSPS) is 19.9. The van der Waals surface area contributed by atoms with Gasteiger partial charge in [-0.3, -0.25) is 0 Å². The fourth-order valence-corrected chi connectivity index (χ4v) is 3.09. The van der Waals surface area contributed by atoms with Crippen molar-refractivity contribution in [2.24, 2.45) is 5.73 Å². The number of fused-ring (bicyclic) bond motifs is 1.